The van der Waals surface area contributed by atoms with Gasteiger partial charge < -0.3 is 10.5 Å². The van der Waals surface area contributed by atoms with E-state index in [1.807, 2.05) is 0 Å². The maximum absolute atomic E-state index is 5.46. The largest absolute Gasteiger partial charge is 0.479 e. The molecule has 0 amide bonds. The molecule has 2 N–H and O–H groups in total. The van der Waals surface area contributed by atoms with Crippen LogP contribution in [0.3, 0.4) is 0 Å². The van der Waals surface area contributed by atoms with Gasteiger partial charge in [-0.25, -0.2) is 4.99 Å². The third-order valence-corrected chi connectivity index (χ3v) is 2.49. The molecule has 1 saturated carbocycles. The molecule has 1 heterocycles. The Labute approximate surface area is 73.0 Å². The van der Waals surface area contributed by atoms with Crippen molar-refractivity contribution in [1.82, 2.24) is 0 Å². The monoisotopic (exact) mass is 168 g/mol. The Hall–Kier alpha value is -0.570. The van der Waals surface area contributed by atoms with Gasteiger partial charge in [0, 0.05) is 6.42 Å². The van der Waals surface area contributed by atoms with Crippen molar-refractivity contribution in [2.24, 2.45) is 16.6 Å². The Morgan fingerprint density at radius 2 is 2.33 bits per heavy atom. The van der Waals surface area contributed by atoms with Crippen molar-refractivity contribution in [2.45, 2.75) is 31.7 Å². The molecule has 2 aliphatic rings. The van der Waals surface area contributed by atoms with Crippen LogP contribution >= 0.6 is 0 Å². The highest BCUT2D eigenvalue weighted by Gasteiger charge is 2.34. The first-order valence-corrected chi connectivity index (χ1v) is 4.79. The molecule has 1 aliphatic heterocycles. The molecule has 1 unspecified atom stereocenters. The second-order valence-corrected chi connectivity index (χ2v) is 3.63. The Kier molecular flexibility index (Phi) is 2.30. The van der Waals surface area contributed by atoms with Gasteiger partial charge in [0.05, 0.1) is 6.04 Å². The summed E-state index contributed by atoms with van der Waals surface area (Å²) in [5, 5.41) is 0. The molecule has 1 aliphatic carbocycles. The van der Waals surface area contributed by atoms with Crippen LogP contribution in [-0.2, 0) is 4.74 Å². The van der Waals surface area contributed by atoms with Crippen molar-refractivity contribution in [3.05, 3.63) is 0 Å². The first-order chi connectivity index (χ1) is 5.90. The number of nitrogens with two attached hydrogens (primary N) is 1. The van der Waals surface area contributed by atoms with Crippen LogP contribution < -0.4 is 5.73 Å². The van der Waals surface area contributed by atoms with Gasteiger partial charge in [0.2, 0.25) is 0 Å². The van der Waals surface area contributed by atoms with Gasteiger partial charge in [-0.15, -0.1) is 0 Å². The van der Waals surface area contributed by atoms with Crippen LogP contribution in [0.4, 0.5) is 0 Å². The van der Waals surface area contributed by atoms with Crippen molar-refractivity contribution in [3.63, 3.8) is 0 Å². The lowest BCUT2D eigenvalue weighted by Gasteiger charge is -1.99. The molecule has 12 heavy (non-hydrogen) atoms. The number of hydrogen-bond donors (Lipinski definition) is 1. The fourth-order valence-electron chi connectivity index (χ4n) is 1.55. The zero-order valence-corrected chi connectivity index (χ0v) is 7.33. The van der Waals surface area contributed by atoms with Gasteiger partial charge in [0.15, 0.2) is 5.90 Å². The zero-order valence-electron chi connectivity index (χ0n) is 7.33. The van der Waals surface area contributed by atoms with Crippen molar-refractivity contribution in [2.75, 3.05) is 13.2 Å². The molecule has 0 saturated heterocycles. The van der Waals surface area contributed by atoms with Crippen LogP contribution in [0.2, 0.25) is 0 Å². The quantitative estimate of drug-likeness (QED) is 0.679. The summed E-state index contributed by atoms with van der Waals surface area (Å²) < 4.78 is 5.46. The van der Waals surface area contributed by atoms with Gasteiger partial charge >= 0.3 is 0 Å². The third-order valence-electron chi connectivity index (χ3n) is 2.49. The maximum atomic E-state index is 5.46. The number of rotatable bonds is 4. The molecule has 0 aromatic rings. The molecule has 0 aromatic heterocycles. The van der Waals surface area contributed by atoms with Crippen LogP contribution in [0.1, 0.15) is 25.7 Å². The number of nitrogens with zero attached hydrogens (tertiary/aromatic N) is 1. The number of hydrogen-bond acceptors (Lipinski definition) is 3. The van der Waals surface area contributed by atoms with Crippen LogP contribution in [0.15, 0.2) is 4.99 Å². The van der Waals surface area contributed by atoms with E-state index in [1.165, 1.54) is 12.8 Å². The molecule has 0 spiro atoms. The summed E-state index contributed by atoms with van der Waals surface area (Å²) in [5.41, 5.74) is 5.40. The van der Waals surface area contributed by atoms with Crippen molar-refractivity contribution < 1.29 is 4.74 Å². The average molecular weight is 168 g/mol. The van der Waals surface area contributed by atoms with E-state index in [0.29, 0.717) is 6.04 Å². The van der Waals surface area contributed by atoms with E-state index in [0.717, 1.165) is 37.8 Å². The van der Waals surface area contributed by atoms with Crippen LogP contribution in [-0.4, -0.2) is 25.1 Å². The smallest absolute Gasteiger partial charge is 0.183 e. The SMILES string of the molecule is NCCCC1=NC(C2CC2)CO1. The lowest BCUT2D eigenvalue weighted by Crippen LogP contribution is -2.08. The summed E-state index contributed by atoms with van der Waals surface area (Å²) in [4.78, 5) is 4.53. The van der Waals surface area contributed by atoms with Crippen molar-refractivity contribution in [1.29, 1.82) is 0 Å². The molecule has 1 fully saturated rings. The van der Waals surface area contributed by atoms with E-state index >= 15 is 0 Å². The van der Waals surface area contributed by atoms with Crippen LogP contribution in [0.25, 0.3) is 0 Å². The highest BCUT2D eigenvalue weighted by atomic mass is 16.5. The Morgan fingerprint density at radius 3 is 3.00 bits per heavy atom. The van der Waals surface area contributed by atoms with Gasteiger partial charge in [0.1, 0.15) is 6.61 Å². The predicted molar refractivity (Wildman–Crippen MR) is 48.2 cm³/mol. The van der Waals surface area contributed by atoms with E-state index in [-0.39, 0.29) is 0 Å². The molecule has 68 valence electrons. The fraction of sp³-hybridized carbons (Fsp3) is 0.889. The standard InChI is InChI=1S/C9H16N2O/c10-5-1-2-9-11-8(6-12-9)7-3-4-7/h7-8H,1-6,10H2. The van der Waals surface area contributed by atoms with E-state index in [2.05, 4.69) is 4.99 Å². The summed E-state index contributed by atoms with van der Waals surface area (Å²) in [7, 11) is 0. The molecule has 1 atom stereocenters. The number of aliphatic imine (C=N–C) groups is 1. The summed E-state index contributed by atoms with van der Waals surface area (Å²) in [6.07, 6.45) is 4.62. The molecule has 3 nitrogen and oxygen atoms in total. The van der Waals surface area contributed by atoms with Crippen molar-refractivity contribution in [3.8, 4) is 0 Å². The fourth-order valence-corrected chi connectivity index (χ4v) is 1.55. The molecule has 3 heteroatoms. The first-order valence-electron chi connectivity index (χ1n) is 4.79. The normalized spacial score (nSPS) is 28.4. The lowest BCUT2D eigenvalue weighted by molar-refractivity contribution is 0.299. The summed E-state index contributed by atoms with van der Waals surface area (Å²) in [6.45, 7) is 1.56. The molecule has 2 rings (SSSR count). The lowest BCUT2D eigenvalue weighted by atomic mass is 10.2. The molecular weight excluding hydrogens is 152 g/mol. The summed E-state index contributed by atoms with van der Waals surface area (Å²) in [5.74, 6) is 1.78. The molecular formula is C9H16N2O. The third kappa shape index (κ3) is 1.78. The molecule has 0 aromatic carbocycles. The van der Waals surface area contributed by atoms with E-state index in [4.69, 9.17) is 10.5 Å². The van der Waals surface area contributed by atoms with E-state index < -0.39 is 0 Å². The average Bonchev–Trinajstić information content (AvgIpc) is 2.83. The highest BCUT2D eigenvalue weighted by Crippen LogP contribution is 2.36. The topological polar surface area (TPSA) is 47.6 Å². The zero-order chi connectivity index (χ0) is 8.39. The van der Waals surface area contributed by atoms with Crippen LogP contribution in [0, 0.1) is 5.92 Å². The number of ether oxygens (including phenoxy) is 1. The molecule has 0 bridgehead atoms. The highest BCUT2D eigenvalue weighted by molar-refractivity contribution is 5.77. The van der Waals surface area contributed by atoms with E-state index in [1.54, 1.807) is 0 Å². The van der Waals surface area contributed by atoms with Gasteiger partial charge in [-0.1, -0.05) is 0 Å². The minimum atomic E-state index is 0.484. The van der Waals surface area contributed by atoms with Crippen LogP contribution in [0.5, 0.6) is 0 Å². The predicted octanol–water partition coefficient (Wildman–Crippen LogP) is 0.933. The second-order valence-electron chi connectivity index (χ2n) is 3.63. The Balaban J connectivity index is 1.78. The Morgan fingerprint density at radius 1 is 1.50 bits per heavy atom. The second kappa shape index (κ2) is 3.44. The Bertz CT molecular complexity index is 187. The van der Waals surface area contributed by atoms with E-state index in [9.17, 15) is 0 Å². The van der Waals surface area contributed by atoms with Crippen molar-refractivity contribution >= 4 is 5.90 Å². The van der Waals surface area contributed by atoms with Gasteiger partial charge in [-0.3, -0.25) is 0 Å². The minimum absolute atomic E-state index is 0.484. The minimum Gasteiger partial charge on any atom is -0.479 e. The van der Waals surface area contributed by atoms with Gasteiger partial charge in [-0.2, -0.15) is 0 Å². The van der Waals surface area contributed by atoms with Gasteiger partial charge in [0.25, 0.3) is 0 Å². The molecule has 0 radical (unpaired) electrons. The van der Waals surface area contributed by atoms with Gasteiger partial charge in [-0.05, 0) is 31.7 Å². The first kappa shape index (κ1) is 8.05. The maximum Gasteiger partial charge on any atom is 0.183 e. The summed E-state index contributed by atoms with van der Waals surface area (Å²) >= 11 is 0. The summed E-state index contributed by atoms with van der Waals surface area (Å²) in [6, 6.07) is 0.484.